The Hall–Kier alpha value is -4.34. The van der Waals surface area contributed by atoms with Gasteiger partial charge >= 0.3 is 18.0 Å². The van der Waals surface area contributed by atoms with Crippen molar-refractivity contribution in [2.24, 2.45) is 0 Å². The molecule has 10 nitrogen and oxygen atoms in total. The fraction of sp³-hybridized carbons (Fsp3) is 0.182. The Labute approximate surface area is 180 Å². The number of carbonyl (C=O) groups is 3. The second kappa shape index (κ2) is 8.80. The van der Waals surface area contributed by atoms with Crippen molar-refractivity contribution in [3.8, 4) is 0 Å². The molecule has 1 atom stereocenters. The molecule has 2 N–H and O–H groups in total. The van der Waals surface area contributed by atoms with Gasteiger partial charge < -0.3 is 28.9 Å². The number of hydrogen-bond donors (Lipinski definition) is 2. The number of rotatable bonds is 6. The third kappa shape index (κ3) is 4.10. The van der Waals surface area contributed by atoms with Crippen LogP contribution in [0.5, 0.6) is 0 Å². The number of furan rings is 1. The normalized spacial score (nSPS) is 15.8. The zero-order chi connectivity index (χ0) is 22.7. The van der Waals surface area contributed by atoms with Crippen molar-refractivity contribution in [2.75, 3.05) is 13.2 Å². The minimum Gasteiger partial charge on any atom is -0.467 e. The van der Waals surface area contributed by atoms with Gasteiger partial charge in [0, 0.05) is 6.07 Å². The van der Waals surface area contributed by atoms with Crippen LogP contribution >= 0.6 is 0 Å². The summed E-state index contributed by atoms with van der Waals surface area (Å²) in [5.41, 5.74) is -0.135. The van der Waals surface area contributed by atoms with E-state index >= 15 is 0 Å². The van der Waals surface area contributed by atoms with Gasteiger partial charge in [-0.05, 0) is 31.2 Å². The highest BCUT2D eigenvalue weighted by Crippen LogP contribution is 2.28. The van der Waals surface area contributed by atoms with Crippen LogP contribution in [0.1, 0.15) is 29.3 Å². The molecule has 0 aliphatic carbocycles. The maximum atomic E-state index is 12.6. The lowest BCUT2D eigenvalue weighted by Crippen LogP contribution is -2.47. The predicted molar refractivity (Wildman–Crippen MR) is 110 cm³/mol. The molecule has 164 valence electrons. The molecular weight excluding hydrogens is 420 g/mol. The molecule has 0 spiro atoms. The van der Waals surface area contributed by atoms with Gasteiger partial charge in [-0.15, -0.1) is 0 Å². The monoisotopic (exact) mass is 438 g/mol. The number of esters is 2. The van der Waals surface area contributed by atoms with E-state index in [4.69, 9.17) is 18.3 Å². The highest BCUT2D eigenvalue weighted by atomic mass is 16.5. The van der Waals surface area contributed by atoms with E-state index in [-0.39, 0.29) is 29.2 Å². The summed E-state index contributed by atoms with van der Waals surface area (Å²) in [5.74, 6) is -1.67. The molecular formula is C22H18N2O8. The van der Waals surface area contributed by atoms with Crippen molar-refractivity contribution in [3.05, 3.63) is 81.7 Å². The largest absolute Gasteiger partial charge is 0.467 e. The molecule has 3 aromatic rings. The van der Waals surface area contributed by atoms with Crippen molar-refractivity contribution < 1.29 is 32.7 Å². The Morgan fingerprint density at radius 2 is 1.88 bits per heavy atom. The highest BCUT2D eigenvalue weighted by molar-refractivity contribution is 5.95. The lowest BCUT2D eigenvalue weighted by Gasteiger charge is -2.27. The first-order valence-corrected chi connectivity index (χ1v) is 9.69. The van der Waals surface area contributed by atoms with E-state index in [9.17, 15) is 19.2 Å². The van der Waals surface area contributed by atoms with Gasteiger partial charge in [0.05, 0.1) is 29.5 Å². The quantitative estimate of drug-likeness (QED) is 0.560. The Morgan fingerprint density at radius 1 is 1.06 bits per heavy atom. The van der Waals surface area contributed by atoms with Gasteiger partial charge in [-0.25, -0.2) is 14.4 Å². The number of hydrogen-bond acceptors (Lipinski definition) is 8. The number of amides is 2. The SMILES string of the molecule is CCOC(=O)C1=C(COC(=O)c2cc(=O)c3ccccc3o2)NC(=O)NC1c1ccco1. The van der Waals surface area contributed by atoms with Gasteiger partial charge in [0.1, 0.15) is 24.0 Å². The predicted octanol–water partition coefficient (Wildman–Crippen LogP) is 2.41. The van der Waals surface area contributed by atoms with E-state index in [0.29, 0.717) is 11.1 Å². The second-order valence-corrected chi connectivity index (χ2v) is 6.71. The molecule has 2 amide bonds. The summed E-state index contributed by atoms with van der Waals surface area (Å²) in [6.07, 6.45) is 1.40. The molecule has 32 heavy (non-hydrogen) atoms. The van der Waals surface area contributed by atoms with Gasteiger partial charge in [0.2, 0.25) is 5.76 Å². The van der Waals surface area contributed by atoms with Gasteiger partial charge in [0.15, 0.2) is 5.43 Å². The summed E-state index contributed by atoms with van der Waals surface area (Å²) in [6.45, 7) is 1.25. The van der Waals surface area contributed by atoms with Crippen LogP contribution in [0.2, 0.25) is 0 Å². The van der Waals surface area contributed by atoms with Crippen molar-refractivity contribution in [2.45, 2.75) is 13.0 Å². The topological polar surface area (TPSA) is 137 Å². The molecule has 10 heteroatoms. The highest BCUT2D eigenvalue weighted by Gasteiger charge is 2.35. The molecule has 0 fully saturated rings. The lowest BCUT2D eigenvalue weighted by atomic mass is 10.0. The molecule has 0 bridgehead atoms. The smallest absolute Gasteiger partial charge is 0.374 e. The van der Waals surface area contributed by atoms with Crippen molar-refractivity contribution >= 4 is 28.9 Å². The second-order valence-electron chi connectivity index (χ2n) is 6.71. The minimum atomic E-state index is -0.940. The Kier molecular flexibility index (Phi) is 5.75. The molecule has 1 aromatic carbocycles. The first-order chi connectivity index (χ1) is 15.5. The standard InChI is InChI=1S/C22H18N2O8/c1-2-29-21(27)18-13(23-22(28)24-19(18)16-8-5-9-30-16)11-31-20(26)17-10-14(25)12-6-3-4-7-15(12)32-17/h3-10,19H,2,11H2,1H3,(H2,23,24,28). The van der Waals surface area contributed by atoms with Gasteiger partial charge in [-0.2, -0.15) is 0 Å². The average Bonchev–Trinajstić information content (AvgIpc) is 3.32. The number of nitrogens with one attached hydrogen (secondary N) is 2. The van der Waals surface area contributed by atoms with E-state index in [1.165, 1.54) is 6.26 Å². The van der Waals surface area contributed by atoms with E-state index in [2.05, 4.69) is 10.6 Å². The number of ether oxygens (including phenoxy) is 2. The average molecular weight is 438 g/mol. The molecule has 1 aliphatic rings. The van der Waals surface area contributed by atoms with Crippen LogP contribution in [-0.2, 0) is 14.3 Å². The van der Waals surface area contributed by atoms with Crippen molar-refractivity contribution in [3.63, 3.8) is 0 Å². The summed E-state index contributed by atoms with van der Waals surface area (Å²) in [4.78, 5) is 49.5. The van der Waals surface area contributed by atoms with Crippen LogP contribution in [0.4, 0.5) is 4.79 Å². The molecule has 0 saturated heterocycles. The maximum absolute atomic E-state index is 12.6. The Balaban J connectivity index is 1.63. The fourth-order valence-electron chi connectivity index (χ4n) is 3.26. The number of fused-ring (bicyclic) bond motifs is 1. The molecule has 1 aliphatic heterocycles. The van der Waals surface area contributed by atoms with E-state index in [1.807, 2.05) is 0 Å². The molecule has 0 radical (unpaired) electrons. The fourth-order valence-corrected chi connectivity index (χ4v) is 3.26. The van der Waals surface area contributed by atoms with Crippen LogP contribution in [-0.4, -0.2) is 31.2 Å². The van der Waals surface area contributed by atoms with Crippen LogP contribution in [0.15, 0.2) is 73.6 Å². The Bertz CT molecular complexity index is 1270. The molecule has 1 unspecified atom stereocenters. The van der Waals surface area contributed by atoms with Gasteiger partial charge in [-0.1, -0.05) is 12.1 Å². The summed E-state index contributed by atoms with van der Waals surface area (Å²) >= 11 is 0. The minimum absolute atomic E-state index is 0.0186. The lowest BCUT2D eigenvalue weighted by molar-refractivity contribution is -0.139. The zero-order valence-corrected chi connectivity index (χ0v) is 16.9. The summed E-state index contributed by atoms with van der Waals surface area (Å²) in [6, 6.07) is 9.12. The third-order valence-corrected chi connectivity index (χ3v) is 4.66. The molecule has 3 heterocycles. The number of para-hydroxylation sites is 1. The molecule has 4 rings (SSSR count). The first kappa shape index (κ1) is 20.9. The van der Waals surface area contributed by atoms with E-state index < -0.39 is 36.0 Å². The van der Waals surface area contributed by atoms with E-state index in [1.54, 1.807) is 43.3 Å². The summed E-state index contributed by atoms with van der Waals surface area (Å²) in [7, 11) is 0. The maximum Gasteiger partial charge on any atom is 0.374 e. The van der Waals surface area contributed by atoms with Crippen molar-refractivity contribution in [1.82, 2.24) is 10.6 Å². The summed E-state index contributed by atoms with van der Waals surface area (Å²) < 4.78 is 21.1. The Morgan fingerprint density at radius 3 is 2.62 bits per heavy atom. The number of carbonyl (C=O) groups excluding carboxylic acids is 3. The van der Waals surface area contributed by atoms with Crippen molar-refractivity contribution in [1.29, 1.82) is 0 Å². The van der Waals surface area contributed by atoms with Gasteiger partial charge in [0.25, 0.3) is 0 Å². The third-order valence-electron chi connectivity index (χ3n) is 4.66. The number of benzene rings is 1. The van der Waals surface area contributed by atoms with E-state index in [0.717, 1.165) is 6.07 Å². The number of urea groups is 1. The molecule has 2 aromatic heterocycles. The van der Waals surface area contributed by atoms with Crippen LogP contribution in [0.3, 0.4) is 0 Å². The van der Waals surface area contributed by atoms with Crippen LogP contribution in [0.25, 0.3) is 11.0 Å². The zero-order valence-electron chi connectivity index (χ0n) is 16.9. The molecule has 0 saturated carbocycles. The summed E-state index contributed by atoms with van der Waals surface area (Å²) in [5, 5.41) is 5.37. The van der Waals surface area contributed by atoms with Crippen LogP contribution in [0, 0.1) is 0 Å². The first-order valence-electron chi connectivity index (χ1n) is 9.69. The van der Waals surface area contributed by atoms with Crippen LogP contribution < -0.4 is 16.1 Å². The van der Waals surface area contributed by atoms with Gasteiger partial charge in [-0.3, -0.25) is 4.79 Å².